The van der Waals surface area contributed by atoms with Crippen LogP contribution in [0.1, 0.15) is 44.3 Å². The molecule has 2 atom stereocenters. The third-order valence-corrected chi connectivity index (χ3v) is 3.97. The summed E-state index contributed by atoms with van der Waals surface area (Å²) < 4.78 is 13.0. The lowest BCUT2D eigenvalue weighted by Crippen LogP contribution is -2.35. The smallest absolute Gasteiger partial charge is 0.123 e. The Hall–Kier alpha value is -0.930. The first-order chi connectivity index (χ1) is 8.66. The van der Waals surface area contributed by atoms with Crippen molar-refractivity contribution in [3.05, 3.63) is 35.6 Å². The van der Waals surface area contributed by atoms with Gasteiger partial charge in [-0.2, -0.15) is 0 Å². The third-order valence-electron chi connectivity index (χ3n) is 3.97. The SMILES string of the molecule is CC(NCC(O)c1cccc(F)c1)C1CCCC1. The van der Waals surface area contributed by atoms with E-state index in [0.717, 1.165) is 5.92 Å². The summed E-state index contributed by atoms with van der Waals surface area (Å²) in [4.78, 5) is 0. The van der Waals surface area contributed by atoms with E-state index in [-0.39, 0.29) is 5.82 Å². The maximum absolute atomic E-state index is 13.0. The number of rotatable bonds is 5. The highest BCUT2D eigenvalue weighted by Gasteiger charge is 2.21. The maximum Gasteiger partial charge on any atom is 0.123 e. The lowest BCUT2D eigenvalue weighted by Gasteiger charge is -2.22. The molecule has 0 bridgehead atoms. The Morgan fingerprint density at radius 1 is 1.39 bits per heavy atom. The second kappa shape index (κ2) is 6.30. The van der Waals surface area contributed by atoms with Crippen LogP contribution in [0.4, 0.5) is 4.39 Å². The fourth-order valence-corrected chi connectivity index (χ4v) is 2.75. The van der Waals surface area contributed by atoms with Gasteiger partial charge in [0.05, 0.1) is 6.10 Å². The molecule has 1 aromatic rings. The normalized spacial score (nSPS) is 19.9. The Labute approximate surface area is 108 Å². The second-order valence-electron chi connectivity index (χ2n) is 5.31. The molecule has 3 heteroatoms. The Morgan fingerprint density at radius 2 is 2.11 bits per heavy atom. The fourth-order valence-electron chi connectivity index (χ4n) is 2.75. The molecule has 1 aromatic carbocycles. The average molecular weight is 251 g/mol. The van der Waals surface area contributed by atoms with Gasteiger partial charge < -0.3 is 10.4 Å². The van der Waals surface area contributed by atoms with E-state index in [9.17, 15) is 9.50 Å². The first kappa shape index (κ1) is 13.5. The van der Waals surface area contributed by atoms with Gasteiger partial charge in [0.1, 0.15) is 5.82 Å². The molecule has 1 fully saturated rings. The standard InChI is InChI=1S/C15H22FNO/c1-11(12-5-2-3-6-12)17-10-15(18)13-7-4-8-14(16)9-13/h4,7-9,11-12,15,17-18H,2-3,5-6,10H2,1H3. The molecule has 0 aliphatic heterocycles. The van der Waals surface area contributed by atoms with E-state index >= 15 is 0 Å². The van der Waals surface area contributed by atoms with Gasteiger partial charge in [0, 0.05) is 12.6 Å². The second-order valence-corrected chi connectivity index (χ2v) is 5.31. The zero-order valence-electron chi connectivity index (χ0n) is 10.9. The Morgan fingerprint density at radius 3 is 2.78 bits per heavy atom. The van der Waals surface area contributed by atoms with Gasteiger partial charge in [0.25, 0.3) is 0 Å². The molecule has 0 spiro atoms. The van der Waals surface area contributed by atoms with Crippen LogP contribution in [0.15, 0.2) is 24.3 Å². The highest BCUT2D eigenvalue weighted by Crippen LogP contribution is 2.27. The molecule has 0 aromatic heterocycles. The summed E-state index contributed by atoms with van der Waals surface area (Å²) in [5.41, 5.74) is 0.640. The van der Waals surface area contributed by atoms with E-state index in [2.05, 4.69) is 12.2 Å². The molecule has 100 valence electrons. The minimum atomic E-state index is -0.635. The van der Waals surface area contributed by atoms with Gasteiger partial charge in [0.15, 0.2) is 0 Å². The first-order valence-corrected chi connectivity index (χ1v) is 6.83. The van der Waals surface area contributed by atoms with Crippen LogP contribution in [-0.4, -0.2) is 17.7 Å². The van der Waals surface area contributed by atoms with Crippen molar-refractivity contribution in [2.75, 3.05) is 6.54 Å². The van der Waals surface area contributed by atoms with Crippen LogP contribution in [-0.2, 0) is 0 Å². The van der Waals surface area contributed by atoms with Crippen molar-refractivity contribution in [3.63, 3.8) is 0 Å². The maximum atomic E-state index is 13.0. The molecule has 2 unspecified atom stereocenters. The third kappa shape index (κ3) is 3.53. The highest BCUT2D eigenvalue weighted by atomic mass is 19.1. The summed E-state index contributed by atoms with van der Waals surface area (Å²) in [6.07, 6.45) is 4.57. The molecule has 0 heterocycles. The van der Waals surface area contributed by atoms with Crippen molar-refractivity contribution in [1.29, 1.82) is 0 Å². The number of halogens is 1. The van der Waals surface area contributed by atoms with Crippen LogP contribution in [0.2, 0.25) is 0 Å². The van der Waals surface area contributed by atoms with Gasteiger partial charge in [-0.05, 0) is 43.4 Å². The zero-order chi connectivity index (χ0) is 13.0. The summed E-state index contributed by atoms with van der Waals surface area (Å²) in [5.74, 6) is 0.431. The van der Waals surface area contributed by atoms with Crippen molar-refractivity contribution in [2.45, 2.75) is 44.8 Å². The number of benzene rings is 1. The summed E-state index contributed by atoms with van der Waals surface area (Å²) in [5, 5.41) is 13.4. The van der Waals surface area contributed by atoms with Crippen LogP contribution in [0.5, 0.6) is 0 Å². The van der Waals surface area contributed by atoms with Crippen LogP contribution in [0.3, 0.4) is 0 Å². The predicted octanol–water partition coefficient (Wildman–Crippen LogP) is 3.03. The summed E-state index contributed by atoms with van der Waals surface area (Å²) >= 11 is 0. The zero-order valence-corrected chi connectivity index (χ0v) is 10.9. The van der Waals surface area contributed by atoms with E-state index in [0.29, 0.717) is 18.2 Å². The van der Waals surface area contributed by atoms with Crippen molar-refractivity contribution in [1.82, 2.24) is 5.32 Å². The molecule has 0 amide bonds. The number of aliphatic hydroxyl groups excluding tert-OH is 1. The highest BCUT2D eigenvalue weighted by molar-refractivity contribution is 5.18. The molecule has 1 aliphatic rings. The summed E-state index contributed by atoms with van der Waals surface area (Å²) in [7, 11) is 0. The molecule has 0 saturated heterocycles. The monoisotopic (exact) mass is 251 g/mol. The van der Waals surface area contributed by atoms with E-state index < -0.39 is 6.10 Å². The van der Waals surface area contributed by atoms with Gasteiger partial charge in [0.2, 0.25) is 0 Å². The van der Waals surface area contributed by atoms with Crippen LogP contribution >= 0.6 is 0 Å². The molecule has 2 N–H and O–H groups in total. The lowest BCUT2D eigenvalue weighted by atomic mass is 9.99. The minimum absolute atomic E-state index is 0.296. The molecule has 0 radical (unpaired) electrons. The molecule has 18 heavy (non-hydrogen) atoms. The van der Waals surface area contributed by atoms with Crippen molar-refractivity contribution >= 4 is 0 Å². The molecule has 2 rings (SSSR count). The summed E-state index contributed by atoms with van der Waals surface area (Å²) in [6.45, 7) is 2.66. The number of aliphatic hydroxyl groups is 1. The van der Waals surface area contributed by atoms with Gasteiger partial charge in [-0.15, -0.1) is 0 Å². The van der Waals surface area contributed by atoms with Crippen molar-refractivity contribution in [2.24, 2.45) is 5.92 Å². The molecule has 1 saturated carbocycles. The molecular weight excluding hydrogens is 229 g/mol. The minimum Gasteiger partial charge on any atom is -0.387 e. The number of hydrogen-bond acceptors (Lipinski definition) is 2. The first-order valence-electron chi connectivity index (χ1n) is 6.83. The van der Waals surface area contributed by atoms with Gasteiger partial charge in [-0.25, -0.2) is 4.39 Å². The number of nitrogens with one attached hydrogen (secondary N) is 1. The largest absolute Gasteiger partial charge is 0.387 e. The average Bonchev–Trinajstić information content (AvgIpc) is 2.89. The topological polar surface area (TPSA) is 32.3 Å². The molecule has 2 nitrogen and oxygen atoms in total. The van der Waals surface area contributed by atoms with Crippen LogP contribution in [0.25, 0.3) is 0 Å². The van der Waals surface area contributed by atoms with E-state index in [4.69, 9.17) is 0 Å². The number of hydrogen-bond donors (Lipinski definition) is 2. The van der Waals surface area contributed by atoms with Gasteiger partial charge in [-0.1, -0.05) is 25.0 Å². The summed E-state index contributed by atoms with van der Waals surface area (Å²) in [6, 6.07) is 6.61. The van der Waals surface area contributed by atoms with Crippen molar-refractivity contribution in [3.8, 4) is 0 Å². The van der Waals surface area contributed by atoms with E-state index in [1.54, 1.807) is 12.1 Å². The van der Waals surface area contributed by atoms with Gasteiger partial charge >= 0.3 is 0 Å². The van der Waals surface area contributed by atoms with E-state index in [1.807, 2.05) is 0 Å². The van der Waals surface area contributed by atoms with Gasteiger partial charge in [-0.3, -0.25) is 0 Å². The molecule has 1 aliphatic carbocycles. The Kier molecular flexibility index (Phi) is 4.72. The Bertz CT molecular complexity index is 377. The molecular formula is C15H22FNO. The fraction of sp³-hybridized carbons (Fsp3) is 0.600. The predicted molar refractivity (Wildman–Crippen MR) is 70.8 cm³/mol. The van der Waals surface area contributed by atoms with Crippen LogP contribution in [0, 0.1) is 11.7 Å². The van der Waals surface area contributed by atoms with Crippen LogP contribution < -0.4 is 5.32 Å². The quantitative estimate of drug-likeness (QED) is 0.843. The van der Waals surface area contributed by atoms with Crippen molar-refractivity contribution < 1.29 is 9.50 Å². The van der Waals surface area contributed by atoms with E-state index in [1.165, 1.54) is 37.8 Å². The Balaban J connectivity index is 1.82. The lowest BCUT2D eigenvalue weighted by molar-refractivity contribution is 0.165.